The Morgan fingerprint density at radius 2 is 1.51 bits per heavy atom. The maximum atomic E-state index is 13.0. The van der Waals surface area contributed by atoms with Crippen LogP contribution >= 0.6 is 11.3 Å². The largest absolute Gasteiger partial charge is 0.489 e. The molecule has 0 aliphatic carbocycles. The van der Waals surface area contributed by atoms with Crippen LogP contribution in [-0.2, 0) is 17.9 Å². The van der Waals surface area contributed by atoms with E-state index in [0.29, 0.717) is 33.9 Å². The highest BCUT2D eigenvalue weighted by atomic mass is 32.1. The number of carbonyl (C=O) groups is 4. The Balaban J connectivity index is 1.30. The monoisotopic (exact) mass is 540 g/mol. The first kappa shape index (κ1) is 25.9. The van der Waals surface area contributed by atoms with Gasteiger partial charge in [-0.2, -0.15) is 0 Å². The lowest BCUT2D eigenvalue weighted by Crippen LogP contribution is -2.28. The molecule has 1 aromatic heterocycles. The van der Waals surface area contributed by atoms with Crippen molar-refractivity contribution in [2.45, 2.75) is 20.1 Å². The number of hydrogen-bond acceptors (Lipinski definition) is 7. The van der Waals surface area contributed by atoms with Gasteiger partial charge in [0.15, 0.2) is 0 Å². The van der Waals surface area contributed by atoms with Crippen LogP contribution in [0, 0.1) is 0 Å². The third kappa shape index (κ3) is 5.58. The van der Waals surface area contributed by atoms with Crippen molar-refractivity contribution in [1.29, 1.82) is 0 Å². The zero-order valence-corrected chi connectivity index (χ0v) is 21.8. The zero-order valence-electron chi connectivity index (χ0n) is 21.0. The van der Waals surface area contributed by atoms with Crippen molar-refractivity contribution in [3.8, 4) is 5.75 Å². The number of benzene rings is 3. The molecule has 4 aromatic rings. The molecule has 3 aromatic carbocycles. The lowest BCUT2D eigenvalue weighted by molar-refractivity contribution is 0.0527. The molecule has 3 amide bonds. The van der Waals surface area contributed by atoms with E-state index in [1.165, 1.54) is 0 Å². The number of fused-ring (bicyclic) bond motifs is 1. The lowest BCUT2D eigenvalue weighted by Gasteiger charge is -2.12. The molecule has 1 aliphatic rings. The van der Waals surface area contributed by atoms with Crippen LogP contribution in [0.3, 0.4) is 0 Å². The van der Waals surface area contributed by atoms with Gasteiger partial charge in [-0.25, -0.2) is 4.79 Å². The molecule has 0 radical (unpaired) electrons. The lowest BCUT2D eigenvalue weighted by atomic mass is 10.1. The quantitative estimate of drug-likeness (QED) is 0.221. The van der Waals surface area contributed by atoms with E-state index in [-0.39, 0.29) is 23.7 Å². The van der Waals surface area contributed by atoms with Gasteiger partial charge in [0.05, 0.1) is 29.8 Å². The molecule has 1 aliphatic heterocycles. The summed E-state index contributed by atoms with van der Waals surface area (Å²) in [6.07, 6.45) is 0. The first-order valence-electron chi connectivity index (χ1n) is 12.3. The van der Waals surface area contributed by atoms with E-state index < -0.39 is 23.7 Å². The summed E-state index contributed by atoms with van der Waals surface area (Å²) in [6.45, 7) is 2.21. The summed E-state index contributed by atoms with van der Waals surface area (Å²) in [5, 5.41) is 3.05. The maximum Gasteiger partial charge on any atom is 0.341 e. The Morgan fingerprint density at radius 3 is 2.15 bits per heavy atom. The summed E-state index contributed by atoms with van der Waals surface area (Å²) in [5.74, 6) is -1.22. The van der Waals surface area contributed by atoms with Gasteiger partial charge in [-0.05, 0) is 55.0 Å². The smallest absolute Gasteiger partial charge is 0.341 e. The molecule has 5 rings (SSSR count). The first-order valence-corrected chi connectivity index (χ1v) is 13.1. The normalized spacial score (nSPS) is 12.3. The summed E-state index contributed by atoms with van der Waals surface area (Å²) in [5.41, 5.74) is 2.24. The summed E-state index contributed by atoms with van der Waals surface area (Å²) in [6, 6.07) is 24.6. The number of hydrogen-bond donors (Lipinski definition) is 1. The van der Waals surface area contributed by atoms with Crippen molar-refractivity contribution < 1.29 is 28.7 Å². The van der Waals surface area contributed by atoms with Crippen LogP contribution in [0.4, 0.5) is 5.00 Å². The van der Waals surface area contributed by atoms with Crippen LogP contribution in [-0.4, -0.2) is 35.2 Å². The summed E-state index contributed by atoms with van der Waals surface area (Å²) in [7, 11) is 0. The van der Waals surface area contributed by atoms with Gasteiger partial charge >= 0.3 is 5.97 Å². The number of nitrogens with zero attached hydrogens (tertiary/aromatic N) is 1. The molecular formula is C30H24N2O6S. The predicted octanol–water partition coefficient (Wildman–Crippen LogP) is 5.55. The number of carbonyl (C=O) groups excluding carboxylic acids is 4. The second-order valence-electron chi connectivity index (χ2n) is 8.67. The molecule has 1 N–H and O–H groups in total. The van der Waals surface area contributed by atoms with Crippen LogP contribution in [0.15, 0.2) is 84.9 Å². The number of thiophene rings is 1. The minimum absolute atomic E-state index is 0.0350. The predicted molar refractivity (Wildman–Crippen MR) is 146 cm³/mol. The number of amides is 3. The summed E-state index contributed by atoms with van der Waals surface area (Å²) >= 11 is 1.11. The van der Waals surface area contributed by atoms with Gasteiger partial charge < -0.3 is 14.8 Å². The number of nitrogens with one attached hydrogen (secondary N) is 1. The van der Waals surface area contributed by atoms with Gasteiger partial charge in [-0.1, -0.05) is 42.5 Å². The van der Waals surface area contributed by atoms with E-state index in [2.05, 4.69) is 5.32 Å². The molecule has 0 atom stereocenters. The van der Waals surface area contributed by atoms with Crippen molar-refractivity contribution in [2.24, 2.45) is 0 Å². The van der Waals surface area contributed by atoms with E-state index in [4.69, 9.17) is 9.47 Å². The highest BCUT2D eigenvalue weighted by molar-refractivity contribution is 7.16. The van der Waals surface area contributed by atoms with Crippen molar-refractivity contribution in [3.05, 3.63) is 118 Å². The van der Waals surface area contributed by atoms with E-state index in [1.807, 2.05) is 30.3 Å². The number of imide groups is 1. The first-order chi connectivity index (χ1) is 18.9. The van der Waals surface area contributed by atoms with Gasteiger partial charge in [0.1, 0.15) is 17.4 Å². The molecule has 0 spiro atoms. The molecule has 196 valence electrons. The molecule has 0 fully saturated rings. The van der Waals surface area contributed by atoms with E-state index in [0.717, 1.165) is 21.8 Å². The molecule has 9 heteroatoms. The average molecular weight is 541 g/mol. The Kier molecular flexibility index (Phi) is 7.51. The van der Waals surface area contributed by atoms with E-state index >= 15 is 0 Å². The molecule has 0 bridgehead atoms. The van der Waals surface area contributed by atoms with Crippen LogP contribution < -0.4 is 10.1 Å². The fourth-order valence-corrected chi connectivity index (χ4v) is 5.16. The SMILES string of the molecule is CCOC(=O)c1cc(CN2C(=O)c3ccccc3C2=O)sc1NC(=O)c1ccc(OCc2ccccc2)cc1. The summed E-state index contributed by atoms with van der Waals surface area (Å²) < 4.78 is 10.9. The summed E-state index contributed by atoms with van der Waals surface area (Å²) in [4.78, 5) is 52.9. The number of ether oxygens (including phenoxy) is 2. The van der Waals surface area contributed by atoms with Crippen LogP contribution in [0.25, 0.3) is 0 Å². The molecule has 2 heterocycles. The van der Waals surface area contributed by atoms with Crippen molar-refractivity contribution in [1.82, 2.24) is 4.90 Å². The molecule has 0 saturated heterocycles. The highest BCUT2D eigenvalue weighted by Crippen LogP contribution is 2.33. The third-order valence-corrected chi connectivity index (χ3v) is 7.10. The van der Waals surface area contributed by atoms with Gasteiger partial charge in [-0.3, -0.25) is 19.3 Å². The zero-order chi connectivity index (χ0) is 27.4. The molecule has 39 heavy (non-hydrogen) atoms. The molecule has 8 nitrogen and oxygen atoms in total. The van der Waals surface area contributed by atoms with Crippen molar-refractivity contribution >= 4 is 40.0 Å². The van der Waals surface area contributed by atoms with Crippen LogP contribution in [0.2, 0.25) is 0 Å². The standard InChI is InChI=1S/C30H24N2O6S/c1-2-37-30(36)25-16-22(17-32-28(34)23-10-6-7-11-24(23)29(32)35)39-27(25)31-26(33)20-12-14-21(15-13-20)38-18-19-8-4-3-5-9-19/h3-16H,2,17-18H2,1H3,(H,31,33). The maximum absolute atomic E-state index is 13.0. The van der Waals surface area contributed by atoms with Crippen LogP contribution in [0.1, 0.15) is 58.8 Å². The Morgan fingerprint density at radius 1 is 0.872 bits per heavy atom. The Bertz CT molecular complexity index is 1510. The fourth-order valence-electron chi connectivity index (χ4n) is 4.13. The Hall–Kier alpha value is -4.76. The second-order valence-corrected chi connectivity index (χ2v) is 9.81. The topological polar surface area (TPSA) is 102 Å². The number of rotatable bonds is 9. The van der Waals surface area contributed by atoms with E-state index in [1.54, 1.807) is 61.5 Å². The number of esters is 1. The molecule has 0 saturated carbocycles. The molecular weight excluding hydrogens is 516 g/mol. The van der Waals surface area contributed by atoms with Gasteiger partial charge in [0.25, 0.3) is 17.7 Å². The van der Waals surface area contributed by atoms with Crippen molar-refractivity contribution in [2.75, 3.05) is 11.9 Å². The van der Waals surface area contributed by atoms with Crippen molar-refractivity contribution in [3.63, 3.8) is 0 Å². The number of anilines is 1. The van der Waals surface area contributed by atoms with Crippen LogP contribution in [0.5, 0.6) is 5.75 Å². The third-order valence-electron chi connectivity index (χ3n) is 6.06. The minimum atomic E-state index is -0.609. The Labute approximate surface area is 228 Å². The highest BCUT2D eigenvalue weighted by Gasteiger charge is 2.35. The van der Waals surface area contributed by atoms with Gasteiger partial charge in [0, 0.05) is 10.4 Å². The fraction of sp³-hybridized carbons (Fsp3) is 0.133. The van der Waals surface area contributed by atoms with Gasteiger partial charge in [-0.15, -0.1) is 11.3 Å². The van der Waals surface area contributed by atoms with Gasteiger partial charge in [0.2, 0.25) is 0 Å². The average Bonchev–Trinajstić information content (AvgIpc) is 3.47. The minimum Gasteiger partial charge on any atom is -0.489 e. The molecule has 0 unspecified atom stereocenters. The van der Waals surface area contributed by atoms with E-state index in [9.17, 15) is 19.2 Å². The second kappa shape index (κ2) is 11.3.